The van der Waals surface area contributed by atoms with E-state index in [1.54, 1.807) is 16.2 Å². The molecule has 0 aromatic carbocycles. The first kappa shape index (κ1) is 15.9. The predicted molar refractivity (Wildman–Crippen MR) is 93.0 cm³/mol. The van der Waals surface area contributed by atoms with Crippen LogP contribution in [0.5, 0.6) is 0 Å². The van der Waals surface area contributed by atoms with Gasteiger partial charge in [-0.2, -0.15) is 0 Å². The summed E-state index contributed by atoms with van der Waals surface area (Å²) < 4.78 is 1.44. The van der Waals surface area contributed by atoms with Crippen LogP contribution >= 0.6 is 11.3 Å². The molecule has 6 heteroatoms. The molecule has 3 rings (SSSR count). The van der Waals surface area contributed by atoms with E-state index in [0.29, 0.717) is 13.1 Å². The molecule has 0 atom stereocenters. The van der Waals surface area contributed by atoms with E-state index in [1.807, 2.05) is 13.8 Å². The second-order valence-corrected chi connectivity index (χ2v) is 7.16. The Hall–Kier alpha value is -1.95. The molecule has 23 heavy (non-hydrogen) atoms. The predicted octanol–water partition coefficient (Wildman–Crippen LogP) is 2.37. The van der Waals surface area contributed by atoms with Crippen LogP contribution in [0.4, 0.5) is 0 Å². The molecule has 2 aromatic rings. The minimum Gasteiger partial charge on any atom is -0.337 e. The molecule has 0 aliphatic heterocycles. The number of carbonyl (C=O) groups excluding carboxylic acids is 1. The molecule has 0 saturated heterocycles. The van der Waals surface area contributed by atoms with Crippen LogP contribution in [0.1, 0.15) is 30.7 Å². The van der Waals surface area contributed by atoms with E-state index in [4.69, 9.17) is 0 Å². The molecule has 5 nitrogen and oxygen atoms in total. The van der Waals surface area contributed by atoms with Gasteiger partial charge in [0.05, 0.1) is 11.7 Å². The quantitative estimate of drug-likeness (QED) is 0.791. The van der Waals surface area contributed by atoms with E-state index >= 15 is 0 Å². The SMILES string of the molecule is C=C(C)CN(CC)C(=O)Cn1cnc2sc3c(c2c1=O)CCC3. The van der Waals surface area contributed by atoms with Gasteiger partial charge in [0.2, 0.25) is 5.91 Å². The van der Waals surface area contributed by atoms with Gasteiger partial charge in [-0.25, -0.2) is 4.98 Å². The number of hydrogen-bond donors (Lipinski definition) is 0. The number of hydrogen-bond acceptors (Lipinski definition) is 4. The highest BCUT2D eigenvalue weighted by atomic mass is 32.1. The summed E-state index contributed by atoms with van der Waals surface area (Å²) >= 11 is 1.62. The summed E-state index contributed by atoms with van der Waals surface area (Å²) in [4.78, 5) is 33.4. The molecule has 0 bridgehead atoms. The van der Waals surface area contributed by atoms with Crippen molar-refractivity contribution in [2.45, 2.75) is 39.7 Å². The lowest BCUT2D eigenvalue weighted by molar-refractivity contribution is -0.131. The summed E-state index contributed by atoms with van der Waals surface area (Å²) in [6.07, 6.45) is 4.59. The Labute approximate surface area is 139 Å². The van der Waals surface area contributed by atoms with Crippen molar-refractivity contribution in [2.24, 2.45) is 0 Å². The van der Waals surface area contributed by atoms with Crippen LogP contribution < -0.4 is 5.56 Å². The van der Waals surface area contributed by atoms with Gasteiger partial charge in [-0.15, -0.1) is 11.3 Å². The molecule has 1 aliphatic carbocycles. The number of thiophene rings is 1. The summed E-state index contributed by atoms with van der Waals surface area (Å²) in [5.74, 6) is -0.0781. The lowest BCUT2D eigenvalue weighted by atomic mass is 10.2. The Morgan fingerprint density at radius 1 is 1.48 bits per heavy atom. The van der Waals surface area contributed by atoms with E-state index in [1.165, 1.54) is 15.8 Å². The molecule has 122 valence electrons. The molecule has 1 amide bonds. The number of aromatic nitrogens is 2. The van der Waals surface area contributed by atoms with Crippen molar-refractivity contribution in [1.29, 1.82) is 0 Å². The Morgan fingerprint density at radius 2 is 2.26 bits per heavy atom. The fourth-order valence-corrected chi connectivity index (χ4v) is 4.30. The number of amides is 1. The molecular formula is C17H21N3O2S. The first-order valence-corrected chi connectivity index (χ1v) is 8.74. The van der Waals surface area contributed by atoms with Crippen molar-refractivity contribution in [3.8, 4) is 0 Å². The third-order valence-electron chi connectivity index (χ3n) is 4.19. The van der Waals surface area contributed by atoms with E-state index in [0.717, 1.165) is 40.6 Å². The molecule has 2 aromatic heterocycles. The molecule has 0 fully saturated rings. The van der Waals surface area contributed by atoms with Crippen LogP contribution in [-0.4, -0.2) is 33.4 Å². The molecule has 0 unspecified atom stereocenters. The van der Waals surface area contributed by atoms with Crippen LogP contribution in [0.15, 0.2) is 23.3 Å². The van der Waals surface area contributed by atoms with Crippen molar-refractivity contribution >= 4 is 27.5 Å². The van der Waals surface area contributed by atoms with Crippen molar-refractivity contribution < 1.29 is 4.79 Å². The van der Waals surface area contributed by atoms with Gasteiger partial charge in [0.25, 0.3) is 5.56 Å². The monoisotopic (exact) mass is 331 g/mol. The zero-order chi connectivity index (χ0) is 16.6. The largest absolute Gasteiger partial charge is 0.337 e. The Morgan fingerprint density at radius 3 is 2.96 bits per heavy atom. The number of carbonyl (C=O) groups is 1. The third-order valence-corrected chi connectivity index (χ3v) is 5.39. The summed E-state index contributed by atoms with van der Waals surface area (Å²) in [5.41, 5.74) is 1.99. The van der Waals surface area contributed by atoms with Crippen LogP contribution in [0.3, 0.4) is 0 Å². The number of aryl methyl sites for hydroxylation is 2. The molecule has 2 heterocycles. The summed E-state index contributed by atoms with van der Waals surface area (Å²) in [6.45, 7) is 8.83. The average Bonchev–Trinajstić information content (AvgIpc) is 3.07. The van der Waals surface area contributed by atoms with Crippen molar-refractivity contribution in [3.63, 3.8) is 0 Å². The first-order chi connectivity index (χ1) is 11.0. The molecule has 1 aliphatic rings. The maximum Gasteiger partial charge on any atom is 0.262 e. The van der Waals surface area contributed by atoms with Gasteiger partial charge in [0.1, 0.15) is 11.4 Å². The molecule has 0 N–H and O–H groups in total. The standard InChI is InChI=1S/C17H21N3O2S/c1-4-19(8-11(2)3)14(21)9-20-10-18-16-15(17(20)22)12-6-5-7-13(12)23-16/h10H,2,4-9H2,1,3H3. The van der Waals surface area contributed by atoms with Crippen LogP contribution in [0.25, 0.3) is 10.2 Å². The van der Waals surface area contributed by atoms with Gasteiger partial charge in [-0.3, -0.25) is 14.2 Å². The van der Waals surface area contributed by atoms with E-state index < -0.39 is 0 Å². The van der Waals surface area contributed by atoms with Gasteiger partial charge >= 0.3 is 0 Å². The Balaban J connectivity index is 1.91. The topological polar surface area (TPSA) is 55.2 Å². The Kier molecular flexibility index (Phi) is 4.35. The van der Waals surface area contributed by atoms with Crippen LogP contribution in [-0.2, 0) is 24.2 Å². The highest BCUT2D eigenvalue weighted by Gasteiger charge is 2.22. The van der Waals surface area contributed by atoms with Crippen LogP contribution in [0, 0.1) is 0 Å². The number of rotatable bonds is 5. The molecular weight excluding hydrogens is 310 g/mol. The van der Waals surface area contributed by atoms with Crippen molar-refractivity contribution in [3.05, 3.63) is 39.3 Å². The summed E-state index contributed by atoms with van der Waals surface area (Å²) in [5, 5.41) is 0.723. The van der Waals surface area contributed by atoms with Crippen LogP contribution in [0.2, 0.25) is 0 Å². The second-order valence-electron chi connectivity index (χ2n) is 6.08. The minimum atomic E-state index is -0.0888. The lowest BCUT2D eigenvalue weighted by Crippen LogP contribution is -2.37. The molecule has 0 spiro atoms. The maximum absolute atomic E-state index is 12.8. The maximum atomic E-state index is 12.8. The van der Waals surface area contributed by atoms with Gasteiger partial charge in [-0.05, 0) is 38.7 Å². The van der Waals surface area contributed by atoms with E-state index in [9.17, 15) is 9.59 Å². The zero-order valence-corrected chi connectivity index (χ0v) is 14.4. The highest BCUT2D eigenvalue weighted by molar-refractivity contribution is 7.18. The third kappa shape index (κ3) is 2.95. The molecule has 0 radical (unpaired) electrons. The lowest BCUT2D eigenvalue weighted by Gasteiger charge is -2.21. The fraction of sp³-hybridized carbons (Fsp3) is 0.471. The van der Waals surface area contributed by atoms with Crippen molar-refractivity contribution in [2.75, 3.05) is 13.1 Å². The smallest absolute Gasteiger partial charge is 0.262 e. The van der Waals surface area contributed by atoms with E-state index in [-0.39, 0.29) is 18.0 Å². The zero-order valence-electron chi connectivity index (χ0n) is 13.6. The highest BCUT2D eigenvalue weighted by Crippen LogP contribution is 2.34. The summed E-state index contributed by atoms with van der Waals surface area (Å²) in [6, 6.07) is 0. The number of fused-ring (bicyclic) bond motifs is 3. The van der Waals surface area contributed by atoms with Gasteiger partial charge in [0, 0.05) is 18.0 Å². The Bertz CT molecular complexity index is 834. The normalized spacial score (nSPS) is 13.3. The number of likely N-dealkylation sites (N-methyl/N-ethyl adjacent to an activating group) is 1. The minimum absolute atomic E-state index is 0.0352. The fourth-order valence-electron chi connectivity index (χ4n) is 3.08. The van der Waals surface area contributed by atoms with E-state index in [2.05, 4.69) is 11.6 Å². The van der Waals surface area contributed by atoms with Gasteiger partial charge in [0.15, 0.2) is 0 Å². The summed E-state index contributed by atoms with van der Waals surface area (Å²) in [7, 11) is 0. The van der Waals surface area contributed by atoms with Crippen molar-refractivity contribution in [1.82, 2.24) is 14.5 Å². The average molecular weight is 331 g/mol. The number of nitrogens with zero attached hydrogens (tertiary/aromatic N) is 3. The van der Waals surface area contributed by atoms with Gasteiger partial charge < -0.3 is 4.90 Å². The van der Waals surface area contributed by atoms with Gasteiger partial charge in [-0.1, -0.05) is 12.2 Å². The molecule has 0 saturated carbocycles. The second kappa shape index (κ2) is 6.28. The first-order valence-electron chi connectivity index (χ1n) is 7.93.